The normalized spacial score (nSPS) is 17.4. The number of rotatable bonds is 5. The summed E-state index contributed by atoms with van der Waals surface area (Å²) >= 11 is 1.75. The standard InChI is InChI=1S/C21H23NO4S2/c1-15-10-11-22(18-8-3-4-9-19(18)27-15)20(23)13-26-21(24)17-7-5-6-16(12-17)14-28(2)25/h3-9,12,15H,10-11,13-14H2,1-2H3. The zero-order chi connectivity index (χ0) is 20.1. The van der Waals surface area contributed by atoms with Crippen LogP contribution in [0, 0.1) is 0 Å². The van der Waals surface area contributed by atoms with Crippen molar-refractivity contribution < 1.29 is 18.5 Å². The largest absolute Gasteiger partial charge is 0.452 e. The Hall–Kier alpha value is -2.12. The van der Waals surface area contributed by atoms with Gasteiger partial charge in [0.15, 0.2) is 6.61 Å². The maximum absolute atomic E-state index is 12.8. The van der Waals surface area contributed by atoms with Crippen LogP contribution in [0.3, 0.4) is 0 Å². The number of esters is 1. The Morgan fingerprint density at radius 2 is 2.00 bits per heavy atom. The van der Waals surface area contributed by atoms with Crippen molar-refractivity contribution in [3.63, 3.8) is 0 Å². The number of amides is 1. The highest BCUT2D eigenvalue weighted by Crippen LogP contribution is 2.37. The van der Waals surface area contributed by atoms with Crippen LogP contribution in [0.5, 0.6) is 0 Å². The van der Waals surface area contributed by atoms with Gasteiger partial charge >= 0.3 is 5.97 Å². The minimum Gasteiger partial charge on any atom is -0.452 e. The summed E-state index contributed by atoms with van der Waals surface area (Å²) in [6.07, 6.45) is 2.48. The number of hydrogen-bond acceptors (Lipinski definition) is 5. The van der Waals surface area contributed by atoms with Gasteiger partial charge in [-0.3, -0.25) is 9.00 Å². The Morgan fingerprint density at radius 1 is 1.21 bits per heavy atom. The average Bonchev–Trinajstić information content (AvgIpc) is 2.83. The average molecular weight is 418 g/mol. The number of nitrogens with zero attached hydrogens (tertiary/aromatic N) is 1. The predicted molar refractivity (Wildman–Crippen MR) is 113 cm³/mol. The maximum atomic E-state index is 12.8. The van der Waals surface area contributed by atoms with Crippen molar-refractivity contribution in [3.8, 4) is 0 Å². The van der Waals surface area contributed by atoms with Crippen molar-refractivity contribution in [3.05, 3.63) is 59.7 Å². The first kappa shape index (κ1) is 20.6. The summed E-state index contributed by atoms with van der Waals surface area (Å²) in [5.41, 5.74) is 2.02. The molecule has 2 aromatic rings. The maximum Gasteiger partial charge on any atom is 0.338 e. The van der Waals surface area contributed by atoms with E-state index in [9.17, 15) is 13.8 Å². The van der Waals surface area contributed by atoms with Crippen LogP contribution in [-0.4, -0.2) is 40.7 Å². The summed E-state index contributed by atoms with van der Waals surface area (Å²) in [4.78, 5) is 27.9. The van der Waals surface area contributed by atoms with E-state index >= 15 is 0 Å². The van der Waals surface area contributed by atoms with Crippen LogP contribution in [0.15, 0.2) is 53.4 Å². The molecular formula is C21H23NO4S2. The van der Waals surface area contributed by atoms with Crippen LogP contribution < -0.4 is 4.90 Å². The summed E-state index contributed by atoms with van der Waals surface area (Å²) in [5, 5.41) is 0.411. The SMILES string of the molecule is CC1CCN(C(=O)COC(=O)c2cccc(CS(C)=O)c2)c2ccccc2S1. The van der Waals surface area contributed by atoms with Crippen molar-refractivity contribution in [2.45, 2.75) is 29.2 Å². The molecule has 148 valence electrons. The fourth-order valence-electron chi connectivity index (χ4n) is 3.06. The lowest BCUT2D eigenvalue weighted by atomic mass is 10.1. The third-order valence-corrected chi connectivity index (χ3v) is 6.38. The highest BCUT2D eigenvalue weighted by atomic mass is 32.2. The van der Waals surface area contributed by atoms with Crippen LogP contribution in [0.1, 0.15) is 29.3 Å². The van der Waals surface area contributed by atoms with Crippen LogP contribution in [-0.2, 0) is 26.1 Å². The topological polar surface area (TPSA) is 63.7 Å². The summed E-state index contributed by atoms with van der Waals surface area (Å²) < 4.78 is 16.7. The van der Waals surface area contributed by atoms with E-state index in [-0.39, 0.29) is 12.5 Å². The van der Waals surface area contributed by atoms with Gasteiger partial charge in [-0.1, -0.05) is 31.2 Å². The molecule has 0 saturated heterocycles. The number of carbonyl (C=O) groups is 2. The minimum absolute atomic E-state index is 0.235. The molecule has 1 amide bonds. The molecule has 0 aliphatic carbocycles. The first-order chi connectivity index (χ1) is 13.4. The number of anilines is 1. The van der Waals surface area contributed by atoms with Crippen LogP contribution in [0.4, 0.5) is 5.69 Å². The van der Waals surface area contributed by atoms with Gasteiger partial charge in [-0.05, 0) is 36.2 Å². The van der Waals surface area contributed by atoms with Gasteiger partial charge in [-0.25, -0.2) is 4.79 Å². The van der Waals surface area contributed by atoms with Gasteiger partial charge in [0.2, 0.25) is 0 Å². The van der Waals surface area contributed by atoms with Gasteiger partial charge < -0.3 is 9.64 Å². The Morgan fingerprint density at radius 3 is 2.79 bits per heavy atom. The van der Waals surface area contributed by atoms with Gasteiger partial charge in [0.25, 0.3) is 5.91 Å². The van der Waals surface area contributed by atoms with E-state index in [1.165, 1.54) is 0 Å². The number of thioether (sulfide) groups is 1. The molecule has 2 aromatic carbocycles. The molecule has 0 fully saturated rings. The van der Waals surface area contributed by atoms with Gasteiger partial charge in [0, 0.05) is 39.5 Å². The summed E-state index contributed by atoms with van der Waals surface area (Å²) in [7, 11) is -0.993. The Kier molecular flexibility index (Phi) is 6.91. The zero-order valence-electron chi connectivity index (χ0n) is 15.9. The van der Waals surface area contributed by atoms with E-state index < -0.39 is 16.8 Å². The number of carbonyl (C=O) groups excluding carboxylic acids is 2. The molecule has 0 spiro atoms. The molecule has 0 bridgehead atoms. The van der Waals surface area contributed by atoms with E-state index in [0.29, 0.717) is 23.1 Å². The lowest BCUT2D eigenvalue weighted by Gasteiger charge is -2.22. The molecule has 28 heavy (non-hydrogen) atoms. The molecule has 5 nitrogen and oxygen atoms in total. The van der Waals surface area contributed by atoms with Crippen molar-refractivity contribution in [2.75, 3.05) is 24.3 Å². The quantitative estimate of drug-likeness (QED) is 0.695. The van der Waals surface area contributed by atoms with Crippen molar-refractivity contribution >= 4 is 40.1 Å². The predicted octanol–water partition coefficient (Wildman–Crippen LogP) is 3.64. The van der Waals surface area contributed by atoms with E-state index in [2.05, 4.69) is 6.92 Å². The summed E-state index contributed by atoms with van der Waals surface area (Å²) in [6.45, 7) is 2.43. The number of para-hydroxylation sites is 1. The molecular weight excluding hydrogens is 394 g/mol. The highest BCUT2D eigenvalue weighted by molar-refractivity contribution is 8.00. The van der Waals surface area contributed by atoms with Crippen molar-refractivity contribution in [2.24, 2.45) is 0 Å². The highest BCUT2D eigenvalue weighted by Gasteiger charge is 2.25. The molecule has 0 saturated carbocycles. The molecule has 0 N–H and O–H groups in total. The Balaban J connectivity index is 1.67. The third kappa shape index (κ3) is 5.23. The van der Waals surface area contributed by atoms with E-state index in [0.717, 1.165) is 22.6 Å². The molecule has 0 radical (unpaired) electrons. The van der Waals surface area contributed by atoms with Gasteiger partial charge in [0.1, 0.15) is 0 Å². The fraction of sp³-hybridized carbons (Fsp3) is 0.333. The third-order valence-electron chi connectivity index (χ3n) is 4.40. The lowest BCUT2D eigenvalue weighted by molar-refractivity contribution is -0.121. The van der Waals surface area contributed by atoms with Gasteiger partial charge in [0.05, 0.1) is 11.3 Å². The lowest BCUT2D eigenvalue weighted by Crippen LogP contribution is -2.35. The van der Waals surface area contributed by atoms with E-state index in [4.69, 9.17) is 4.74 Å². The smallest absolute Gasteiger partial charge is 0.338 e. The van der Waals surface area contributed by atoms with E-state index in [1.807, 2.05) is 30.3 Å². The van der Waals surface area contributed by atoms with Crippen LogP contribution in [0.25, 0.3) is 0 Å². The fourth-order valence-corrected chi connectivity index (χ4v) is 4.82. The van der Waals surface area contributed by atoms with Crippen molar-refractivity contribution in [1.29, 1.82) is 0 Å². The number of fused-ring (bicyclic) bond motifs is 1. The Labute approximate surface area is 171 Å². The minimum atomic E-state index is -0.993. The molecule has 0 aromatic heterocycles. The molecule has 7 heteroatoms. The Bertz CT molecular complexity index is 899. The molecule has 2 atom stereocenters. The molecule has 1 heterocycles. The van der Waals surface area contributed by atoms with Gasteiger partial charge in [-0.2, -0.15) is 0 Å². The van der Waals surface area contributed by atoms with Crippen molar-refractivity contribution in [1.82, 2.24) is 0 Å². The zero-order valence-corrected chi connectivity index (χ0v) is 17.6. The van der Waals surface area contributed by atoms with Crippen LogP contribution in [0.2, 0.25) is 0 Å². The number of hydrogen-bond donors (Lipinski definition) is 0. The summed E-state index contributed by atoms with van der Waals surface area (Å²) in [5.74, 6) is -0.412. The van der Waals surface area contributed by atoms with E-state index in [1.54, 1.807) is 41.1 Å². The first-order valence-electron chi connectivity index (χ1n) is 9.06. The number of benzene rings is 2. The first-order valence-corrected chi connectivity index (χ1v) is 11.7. The molecule has 1 aliphatic heterocycles. The number of ether oxygens (including phenoxy) is 1. The molecule has 1 aliphatic rings. The summed E-state index contributed by atoms with van der Waals surface area (Å²) in [6, 6.07) is 14.6. The van der Waals surface area contributed by atoms with Crippen LogP contribution >= 0.6 is 11.8 Å². The second kappa shape index (κ2) is 9.39. The molecule has 3 rings (SSSR count). The van der Waals surface area contributed by atoms with Gasteiger partial charge in [-0.15, -0.1) is 11.8 Å². The molecule has 2 unspecified atom stereocenters. The second-order valence-electron chi connectivity index (χ2n) is 6.72. The second-order valence-corrected chi connectivity index (χ2v) is 9.64. The monoisotopic (exact) mass is 417 g/mol.